The fourth-order valence-corrected chi connectivity index (χ4v) is 0.277. The summed E-state index contributed by atoms with van der Waals surface area (Å²) in [7, 11) is 1.00. The third-order valence-electron chi connectivity index (χ3n) is 0.514. The van der Waals surface area contributed by atoms with Gasteiger partial charge in [-0.3, -0.25) is 0 Å². The van der Waals surface area contributed by atoms with E-state index in [1.807, 2.05) is 0 Å². The van der Waals surface area contributed by atoms with Gasteiger partial charge >= 0.3 is 23.1 Å². The zero-order valence-electron chi connectivity index (χ0n) is 5.82. The third-order valence-corrected chi connectivity index (χ3v) is 0.514. The van der Waals surface area contributed by atoms with E-state index in [0.29, 0.717) is 0 Å². The molecule has 0 aliphatic carbocycles. The third kappa shape index (κ3) is 11.0. The number of aliphatic hydroxyl groups is 1. The Hall–Kier alpha value is 0.166. The van der Waals surface area contributed by atoms with E-state index in [9.17, 15) is 0 Å². The van der Waals surface area contributed by atoms with Crippen molar-refractivity contribution in [2.75, 3.05) is 7.11 Å². The molecule has 0 atom stereocenters. The molecule has 52 valence electrons. The van der Waals surface area contributed by atoms with Crippen LogP contribution in [0.5, 0.6) is 0 Å². The quantitative estimate of drug-likeness (QED) is 0.456. The molecule has 0 radical (unpaired) electrons. The van der Waals surface area contributed by atoms with Crippen molar-refractivity contribution in [3.8, 4) is 0 Å². The largest absolute Gasteiger partial charge is 2.00 e. The van der Waals surface area contributed by atoms with Crippen molar-refractivity contribution in [1.82, 2.24) is 4.98 Å². The predicted octanol–water partition coefficient (Wildman–Crippen LogP) is 0.531. The maximum absolute atomic E-state index is 7.00. The summed E-state index contributed by atoms with van der Waals surface area (Å²) >= 11 is 0. The van der Waals surface area contributed by atoms with Crippen LogP contribution in [0.1, 0.15) is 0 Å². The van der Waals surface area contributed by atoms with Gasteiger partial charge in [0.05, 0.1) is 0 Å². The van der Waals surface area contributed by atoms with Gasteiger partial charge in [0.1, 0.15) is 0 Å². The molecule has 1 heterocycles. The Kier molecular flexibility index (Phi) is 26.7. The van der Waals surface area contributed by atoms with Crippen LogP contribution in [0.2, 0.25) is 0 Å². The molecule has 0 amide bonds. The number of nitrogens with zero attached hydrogens (tertiary/aromatic N) is 1. The molecule has 2 nitrogen and oxygen atoms in total. The second-order valence-electron chi connectivity index (χ2n) is 0.947. The smallest absolute Gasteiger partial charge is 0.400 e. The molecule has 0 bridgehead atoms. The first-order chi connectivity index (χ1) is 4.00. The van der Waals surface area contributed by atoms with Crippen molar-refractivity contribution >= 4 is 35.5 Å². The van der Waals surface area contributed by atoms with Crippen LogP contribution in [0.4, 0.5) is 0 Å². The maximum Gasteiger partial charge on any atom is 2.00 e. The number of aliphatic hydroxyl groups excluding tert-OH is 1. The first-order valence-corrected chi connectivity index (χ1v) is 2.21. The first-order valence-electron chi connectivity index (χ1n) is 2.21. The molecule has 4 heteroatoms. The molecule has 0 aromatic carbocycles. The Labute approximate surface area is 83.2 Å². The summed E-state index contributed by atoms with van der Waals surface area (Å²) in [6.07, 6.45) is 3.39. The normalized spacial score (nSPS) is 5.40. The van der Waals surface area contributed by atoms with Crippen LogP contribution in [0, 0.1) is 6.07 Å². The van der Waals surface area contributed by atoms with Crippen LogP contribution in [-0.2, 0) is 0 Å². The standard InChI is InChI=1S/C5H4N.CH4O.ClH.Mg/c1-2-4-6-5-3-1;1-2;;/h2-5H;2H,1H3;1H;/q-1;;;+2. The van der Waals surface area contributed by atoms with E-state index in [1.54, 1.807) is 24.5 Å². The van der Waals surface area contributed by atoms with Crippen LogP contribution in [-0.4, -0.2) is 40.3 Å². The van der Waals surface area contributed by atoms with Crippen LogP contribution in [0.15, 0.2) is 24.5 Å². The molecule has 0 aliphatic heterocycles. The molecular weight excluding hydrogens is 162 g/mol. The average Bonchev–Trinajstić information content (AvgIpc) is 1.96. The van der Waals surface area contributed by atoms with E-state index >= 15 is 0 Å². The molecule has 1 rings (SSSR count). The zero-order chi connectivity index (χ0) is 6.24. The van der Waals surface area contributed by atoms with Gasteiger partial charge < -0.3 is 10.1 Å². The minimum atomic E-state index is 0. The van der Waals surface area contributed by atoms with Crippen molar-refractivity contribution < 1.29 is 5.11 Å². The van der Waals surface area contributed by atoms with Crippen molar-refractivity contribution in [1.29, 1.82) is 0 Å². The van der Waals surface area contributed by atoms with Gasteiger partial charge in [-0.05, 0) is 0 Å². The topological polar surface area (TPSA) is 33.1 Å². The van der Waals surface area contributed by atoms with Gasteiger partial charge in [0.2, 0.25) is 0 Å². The van der Waals surface area contributed by atoms with E-state index in [0.717, 1.165) is 7.11 Å². The second-order valence-corrected chi connectivity index (χ2v) is 0.947. The van der Waals surface area contributed by atoms with Crippen LogP contribution in [0.25, 0.3) is 0 Å². The second kappa shape index (κ2) is 16.1. The summed E-state index contributed by atoms with van der Waals surface area (Å²) < 4.78 is 0. The SMILES string of the molecule is CO.Cl.[Mg+2].[c-]1ccncc1. The molecule has 0 spiro atoms. The van der Waals surface area contributed by atoms with Gasteiger partial charge in [-0.2, -0.15) is 18.2 Å². The average molecular weight is 171 g/mol. The predicted molar refractivity (Wildman–Crippen MR) is 44.2 cm³/mol. The van der Waals surface area contributed by atoms with Gasteiger partial charge in [0.25, 0.3) is 0 Å². The minimum absolute atomic E-state index is 0. The first kappa shape index (κ1) is 16.6. The number of hydrogen-bond donors (Lipinski definition) is 1. The number of halogens is 1. The maximum atomic E-state index is 7.00. The summed E-state index contributed by atoms with van der Waals surface area (Å²) in [5.41, 5.74) is 0. The fraction of sp³-hybridized carbons (Fsp3) is 0.167. The van der Waals surface area contributed by atoms with Crippen molar-refractivity contribution in [3.63, 3.8) is 0 Å². The minimum Gasteiger partial charge on any atom is -0.400 e. The Morgan fingerprint density at radius 2 is 1.60 bits per heavy atom. The van der Waals surface area contributed by atoms with E-state index in [2.05, 4.69) is 11.1 Å². The van der Waals surface area contributed by atoms with E-state index < -0.39 is 0 Å². The summed E-state index contributed by atoms with van der Waals surface area (Å²) in [6, 6.07) is 6.36. The van der Waals surface area contributed by atoms with Crippen molar-refractivity contribution in [2.45, 2.75) is 0 Å². The number of aromatic nitrogens is 1. The van der Waals surface area contributed by atoms with Crippen LogP contribution >= 0.6 is 12.4 Å². The number of rotatable bonds is 0. The van der Waals surface area contributed by atoms with Crippen molar-refractivity contribution in [3.05, 3.63) is 30.6 Å². The van der Waals surface area contributed by atoms with Gasteiger partial charge in [-0.25, -0.2) is 0 Å². The molecule has 1 aromatic rings. The Morgan fingerprint density at radius 1 is 1.20 bits per heavy atom. The van der Waals surface area contributed by atoms with Crippen LogP contribution < -0.4 is 0 Å². The molecule has 1 aromatic heterocycles. The van der Waals surface area contributed by atoms with Gasteiger partial charge in [-0.15, -0.1) is 12.4 Å². The fourth-order valence-electron chi connectivity index (χ4n) is 0.277. The molecule has 1 N–H and O–H groups in total. The Morgan fingerprint density at radius 3 is 1.70 bits per heavy atom. The Bertz CT molecular complexity index is 89.7. The summed E-state index contributed by atoms with van der Waals surface area (Å²) in [5, 5.41) is 7.00. The number of pyridine rings is 1. The Balaban J connectivity index is -0.000000114. The molecule has 0 fully saturated rings. The van der Waals surface area contributed by atoms with Crippen molar-refractivity contribution in [2.24, 2.45) is 0 Å². The molecular formula is C6H9ClMgNO+. The number of hydrogen-bond acceptors (Lipinski definition) is 2. The van der Waals surface area contributed by atoms with Gasteiger partial charge in [-0.1, -0.05) is 12.4 Å². The van der Waals surface area contributed by atoms with Gasteiger partial charge in [0, 0.05) is 7.11 Å². The van der Waals surface area contributed by atoms with Gasteiger partial charge in [0.15, 0.2) is 0 Å². The van der Waals surface area contributed by atoms with E-state index in [-0.39, 0.29) is 35.5 Å². The molecule has 0 unspecified atom stereocenters. The van der Waals surface area contributed by atoms with E-state index in [4.69, 9.17) is 5.11 Å². The van der Waals surface area contributed by atoms with Crippen LogP contribution in [0.3, 0.4) is 0 Å². The molecule has 0 saturated heterocycles. The summed E-state index contributed by atoms with van der Waals surface area (Å²) in [5.74, 6) is 0. The summed E-state index contributed by atoms with van der Waals surface area (Å²) in [6.45, 7) is 0. The zero-order valence-corrected chi connectivity index (χ0v) is 8.05. The van der Waals surface area contributed by atoms with E-state index in [1.165, 1.54) is 0 Å². The monoisotopic (exact) mass is 170 g/mol. The molecule has 0 aliphatic rings. The summed E-state index contributed by atoms with van der Waals surface area (Å²) in [4.78, 5) is 3.75. The molecule has 10 heavy (non-hydrogen) atoms. The molecule has 0 saturated carbocycles.